The molecule has 0 atom stereocenters. The minimum atomic E-state index is -0.273. The maximum Gasteiger partial charge on any atom is 0.223 e. The van der Waals surface area contributed by atoms with E-state index in [9.17, 15) is 9.18 Å². The zero-order chi connectivity index (χ0) is 14.1. The highest BCUT2D eigenvalue weighted by molar-refractivity contribution is 5.78. The number of carbonyl (C=O) groups excluding carboxylic acids is 1. The van der Waals surface area contributed by atoms with E-state index in [0.29, 0.717) is 18.9 Å². The van der Waals surface area contributed by atoms with E-state index in [4.69, 9.17) is 4.74 Å². The van der Waals surface area contributed by atoms with Crippen molar-refractivity contribution in [3.8, 4) is 5.75 Å². The summed E-state index contributed by atoms with van der Waals surface area (Å²) in [5.41, 5.74) is 0. The zero-order valence-electron chi connectivity index (χ0n) is 11.6. The molecule has 0 aromatic heterocycles. The lowest BCUT2D eigenvalue weighted by molar-refractivity contribution is -0.125. The van der Waals surface area contributed by atoms with Gasteiger partial charge in [0.1, 0.15) is 11.6 Å². The summed E-state index contributed by atoms with van der Waals surface area (Å²) >= 11 is 0. The fourth-order valence-corrected chi connectivity index (χ4v) is 1.81. The first-order valence-corrected chi connectivity index (χ1v) is 6.83. The third-order valence-electron chi connectivity index (χ3n) is 3.06. The molecule has 1 N–H and O–H groups in total. The van der Waals surface area contributed by atoms with Gasteiger partial charge in [-0.15, -0.1) is 0 Å². The summed E-state index contributed by atoms with van der Waals surface area (Å²) in [6, 6.07) is 5.92. The Kier molecular flexibility index (Phi) is 6.93. The molecule has 0 saturated carbocycles. The van der Waals surface area contributed by atoms with Crippen LogP contribution in [0.4, 0.5) is 4.39 Å². The molecule has 106 valence electrons. The summed E-state index contributed by atoms with van der Waals surface area (Å²) in [5.74, 6) is 0.599. The van der Waals surface area contributed by atoms with E-state index >= 15 is 0 Å². The van der Waals surface area contributed by atoms with Gasteiger partial charge >= 0.3 is 0 Å². The lowest BCUT2D eigenvalue weighted by Gasteiger charge is -2.12. The van der Waals surface area contributed by atoms with Crippen LogP contribution < -0.4 is 10.1 Å². The van der Waals surface area contributed by atoms with Crippen LogP contribution >= 0.6 is 0 Å². The molecule has 0 fully saturated rings. The summed E-state index contributed by atoms with van der Waals surface area (Å²) in [6.45, 7) is 5.15. The summed E-state index contributed by atoms with van der Waals surface area (Å²) in [6.07, 6.45) is 2.48. The Balaban J connectivity index is 2.14. The smallest absolute Gasteiger partial charge is 0.223 e. The van der Waals surface area contributed by atoms with Crippen molar-refractivity contribution in [2.24, 2.45) is 5.92 Å². The lowest BCUT2D eigenvalue weighted by atomic mass is 10.0. The van der Waals surface area contributed by atoms with Gasteiger partial charge in [-0.25, -0.2) is 4.39 Å². The maximum atomic E-state index is 12.7. The fraction of sp³-hybridized carbons (Fsp3) is 0.533. The molecule has 1 aromatic carbocycles. The van der Waals surface area contributed by atoms with Crippen molar-refractivity contribution in [2.45, 2.75) is 33.1 Å². The van der Waals surface area contributed by atoms with Crippen LogP contribution in [0.25, 0.3) is 0 Å². The number of hydrogen-bond donors (Lipinski definition) is 1. The predicted molar refractivity (Wildman–Crippen MR) is 73.6 cm³/mol. The number of ether oxygens (including phenoxy) is 1. The first-order chi connectivity index (χ1) is 9.17. The second-order valence-corrected chi connectivity index (χ2v) is 4.46. The summed E-state index contributed by atoms with van der Waals surface area (Å²) in [5, 5.41) is 2.90. The molecule has 19 heavy (non-hydrogen) atoms. The van der Waals surface area contributed by atoms with Crippen molar-refractivity contribution in [2.75, 3.05) is 13.2 Å². The minimum Gasteiger partial charge on any atom is -0.494 e. The van der Waals surface area contributed by atoms with Crippen LogP contribution in [0.2, 0.25) is 0 Å². The molecule has 1 amide bonds. The first kappa shape index (κ1) is 15.5. The maximum absolute atomic E-state index is 12.7. The minimum absolute atomic E-state index is 0.109. The number of hydrogen-bond acceptors (Lipinski definition) is 2. The number of rotatable bonds is 8. The van der Waals surface area contributed by atoms with Crippen molar-refractivity contribution in [1.82, 2.24) is 5.32 Å². The normalized spacial score (nSPS) is 10.5. The second kappa shape index (κ2) is 8.51. The predicted octanol–water partition coefficient (Wildman–Crippen LogP) is 3.15. The largest absolute Gasteiger partial charge is 0.494 e. The van der Waals surface area contributed by atoms with Crippen molar-refractivity contribution >= 4 is 5.91 Å². The molecule has 0 heterocycles. The second-order valence-electron chi connectivity index (χ2n) is 4.46. The number of benzene rings is 1. The highest BCUT2D eigenvalue weighted by Crippen LogP contribution is 2.11. The SMILES string of the molecule is CCC(CC)C(=O)NCCCOc1ccc(F)cc1. The van der Waals surface area contributed by atoms with E-state index in [-0.39, 0.29) is 17.6 Å². The Morgan fingerprint density at radius 3 is 2.47 bits per heavy atom. The number of carbonyl (C=O) groups is 1. The van der Waals surface area contributed by atoms with Crippen LogP contribution in [0, 0.1) is 11.7 Å². The Morgan fingerprint density at radius 1 is 1.26 bits per heavy atom. The number of halogens is 1. The van der Waals surface area contributed by atoms with Crippen LogP contribution in [0.3, 0.4) is 0 Å². The molecule has 3 nitrogen and oxygen atoms in total. The van der Waals surface area contributed by atoms with Crippen molar-refractivity contribution in [3.63, 3.8) is 0 Å². The molecular weight excluding hydrogens is 245 g/mol. The van der Waals surface area contributed by atoms with Gasteiger partial charge in [-0.1, -0.05) is 13.8 Å². The van der Waals surface area contributed by atoms with Crippen LogP contribution in [0.1, 0.15) is 33.1 Å². The molecule has 0 radical (unpaired) electrons. The van der Waals surface area contributed by atoms with Crippen molar-refractivity contribution in [1.29, 1.82) is 0 Å². The molecule has 4 heteroatoms. The van der Waals surface area contributed by atoms with Crippen LogP contribution in [0.5, 0.6) is 5.75 Å². The van der Waals surface area contributed by atoms with Gasteiger partial charge in [0, 0.05) is 12.5 Å². The van der Waals surface area contributed by atoms with Gasteiger partial charge in [0.15, 0.2) is 0 Å². The third kappa shape index (κ3) is 5.73. The van der Waals surface area contributed by atoms with Crippen LogP contribution in [0.15, 0.2) is 24.3 Å². The average molecular weight is 267 g/mol. The third-order valence-corrected chi connectivity index (χ3v) is 3.06. The van der Waals surface area contributed by atoms with E-state index in [1.54, 1.807) is 12.1 Å². The summed E-state index contributed by atoms with van der Waals surface area (Å²) in [7, 11) is 0. The van der Waals surface area contributed by atoms with E-state index in [2.05, 4.69) is 5.32 Å². The van der Waals surface area contributed by atoms with E-state index in [1.807, 2.05) is 13.8 Å². The number of amides is 1. The molecule has 0 bridgehead atoms. The summed E-state index contributed by atoms with van der Waals surface area (Å²) in [4.78, 5) is 11.7. The van der Waals surface area contributed by atoms with Gasteiger partial charge in [0.2, 0.25) is 5.91 Å². The molecule has 0 aliphatic carbocycles. The quantitative estimate of drug-likeness (QED) is 0.735. The van der Waals surface area contributed by atoms with E-state index in [0.717, 1.165) is 19.3 Å². The molecule has 0 aliphatic heterocycles. The van der Waals surface area contributed by atoms with Gasteiger partial charge in [-0.2, -0.15) is 0 Å². The zero-order valence-corrected chi connectivity index (χ0v) is 11.6. The highest BCUT2D eigenvalue weighted by Gasteiger charge is 2.12. The van der Waals surface area contributed by atoms with Crippen molar-refractivity contribution in [3.05, 3.63) is 30.1 Å². The Bertz CT molecular complexity index is 374. The molecule has 0 spiro atoms. The van der Waals surface area contributed by atoms with E-state index < -0.39 is 0 Å². The van der Waals surface area contributed by atoms with Gasteiger partial charge in [-0.3, -0.25) is 4.79 Å². The van der Waals surface area contributed by atoms with E-state index in [1.165, 1.54) is 12.1 Å². The van der Waals surface area contributed by atoms with Gasteiger partial charge < -0.3 is 10.1 Å². The molecule has 1 rings (SSSR count). The standard InChI is InChI=1S/C15H22FNO2/c1-3-12(4-2)15(18)17-10-5-11-19-14-8-6-13(16)7-9-14/h6-9,12H,3-5,10-11H2,1-2H3,(H,17,18). The molecular formula is C15H22FNO2. The van der Waals surface area contributed by atoms with Crippen molar-refractivity contribution < 1.29 is 13.9 Å². The topological polar surface area (TPSA) is 38.3 Å². The highest BCUT2D eigenvalue weighted by atomic mass is 19.1. The Hall–Kier alpha value is -1.58. The number of nitrogens with one attached hydrogen (secondary N) is 1. The molecule has 1 aromatic rings. The Morgan fingerprint density at radius 2 is 1.89 bits per heavy atom. The molecule has 0 aliphatic rings. The fourth-order valence-electron chi connectivity index (χ4n) is 1.81. The molecule has 0 unspecified atom stereocenters. The Labute approximate surface area is 114 Å². The molecule has 0 saturated heterocycles. The van der Waals surface area contributed by atoms with Gasteiger partial charge in [-0.05, 0) is 43.5 Å². The monoisotopic (exact) mass is 267 g/mol. The van der Waals surface area contributed by atoms with Gasteiger partial charge in [0.05, 0.1) is 6.61 Å². The lowest BCUT2D eigenvalue weighted by Crippen LogP contribution is -2.31. The van der Waals surface area contributed by atoms with Gasteiger partial charge in [0.25, 0.3) is 0 Å². The summed E-state index contributed by atoms with van der Waals surface area (Å²) < 4.78 is 18.1. The van der Waals surface area contributed by atoms with Crippen LogP contribution in [-0.2, 0) is 4.79 Å². The van der Waals surface area contributed by atoms with Crippen LogP contribution in [-0.4, -0.2) is 19.1 Å². The first-order valence-electron chi connectivity index (χ1n) is 6.83. The average Bonchev–Trinajstić information content (AvgIpc) is 2.42.